The summed E-state index contributed by atoms with van der Waals surface area (Å²) in [6.07, 6.45) is -2.38. The van der Waals surface area contributed by atoms with Gasteiger partial charge in [-0.25, -0.2) is 4.79 Å². The van der Waals surface area contributed by atoms with Crippen LogP contribution in [-0.4, -0.2) is 60.8 Å². The summed E-state index contributed by atoms with van der Waals surface area (Å²) in [6, 6.07) is 1.10. The molecule has 0 radical (unpaired) electrons. The van der Waals surface area contributed by atoms with Gasteiger partial charge in [0.15, 0.2) is 20.6 Å². The van der Waals surface area contributed by atoms with Crippen molar-refractivity contribution < 1.29 is 28.2 Å². The van der Waals surface area contributed by atoms with E-state index in [4.69, 9.17) is 24.2 Å². The number of hydrogen-bond acceptors (Lipinski definition) is 9. The molecule has 31 heavy (non-hydrogen) atoms. The Hall–Kier alpha value is -2.93. The zero-order valence-corrected chi connectivity index (χ0v) is 18.9. The maximum Gasteiger partial charge on any atom is 0.330 e. The molecule has 2 heterocycles. The van der Waals surface area contributed by atoms with Gasteiger partial charge in [-0.1, -0.05) is 5.11 Å². The molecule has 14 heteroatoms. The first-order valence-electron chi connectivity index (χ1n) is 9.38. The van der Waals surface area contributed by atoms with Crippen molar-refractivity contribution in [1.82, 2.24) is 9.55 Å². The van der Waals surface area contributed by atoms with E-state index in [9.17, 15) is 19.2 Å². The molecule has 0 saturated carbocycles. The van der Waals surface area contributed by atoms with Crippen molar-refractivity contribution in [2.45, 2.75) is 57.5 Å². The molecule has 2 rings (SSSR count). The number of rotatable bonds is 8. The van der Waals surface area contributed by atoms with E-state index in [1.165, 1.54) is 20.0 Å². The molecule has 13 nitrogen and oxygen atoms in total. The summed E-state index contributed by atoms with van der Waals surface area (Å²) in [7, 11) is -2.43. The number of carbonyl (C=O) groups excluding carboxylic acids is 2. The molecule has 0 aromatic carbocycles. The molecule has 0 amide bonds. The Morgan fingerprint density at radius 3 is 2.52 bits per heavy atom. The summed E-state index contributed by atoms with van der Waals surface area (Å²) in [5.74, 6) is -1.29. The molecule has 1 aliphatic rings. The van der Waals surface area contributed by atoms with E-state index in [0.717, 1.165) is 10.6 Å². The van der Waals surface area contributed by atoms with Crippen LogP contribution >= 0.6 is 0 Å². The average Bonchev–Trinajstić information content (AvgIpc) is 2.90. The first-order valence-corrected chi connectivity index (χ1v) is 12.8. The van der Waals surface area contributed by atoms with Crippen LogP contribution in [0.1, 0.15) is 20.1 Å². The van der Waals surface area contributed by atoms with Gasteiger partial charge >= 0.3 is 17.6 Å². The van der Waals surface area contributed by atoms with E-state index in [2.05, 4.69) is 15.0 Å². The van der Waals surface area contributed by atoms with Crippen LogP contribution in [0.25, 0.3) is 10.4 Å². The largest absolute Gasteiger partial charge is 0.463 e. The fourth-order valence-corrected chi connectivity index (χ4v) is 4.84. The molecule has 1 aromatic rings. The second-order valence-corrected chi connectivity index (χ2v) is 12.4. The Labute approximate surface area is 178 Å². The minimum Gasteiger partial charge on any atom is -0.463 e. The lowest BCUT2D eigenvalue weighted by atomic mass is 9.92. The first-order chi connectivity index (χ1) is 14.4. The summed E-state index contributed by atoms with van der Waals surface area (Å²) in [5.41, 5.74) is 5.96. The number of nitrogens with zero attached hydrogens (tertiary/aromatic N) is 4. The third kappa shape index (κ3) is 5.82. The molecular weight excluding hydrogens is 430 g/mol. The van der Waals surface area contributed by atoms with Crippen LogP contribution < -0.4 is 11.2 Å². The molecule has 1 saturated heterocycles. The minimum atomic E-state index is -2.43. The molecular formula is C17H25N5O8Si. The topological polar surface area (TPSA) is 175 Å². The van der Waals surface area contributed by atoms with Gasteiger partial charge in [0.25, 0.3) is 5.56 Å². The van der Waals surface area contributed by atoms with Crippen molar-refractivity contribution in [3.05, 3.63) is 43.5 Å². The average molecular weight is 456 g/mol. The third-order valence-corrected chi connectivity index (χ3v) is 5.32. The molecule has 0 bridgehead atoms. The van der Waals surface area contributed by atoms with Crippen LogP contribution in [0, 0.1) is 0 Å². The van der Waals surface area contributed by atoms with Crippen LogP contribution in [-0.2, 0) is 28.2 Å². The molecule has 0 spiro atoms. The standard InChI is InChI=1S/C17H25N5O8Si/c1-10(23)27-8-12-17(9-19-21-18,30-31(3,4)5)14(28-11(2)24)15(29-12)22-7-6-13(25)20-16(22)26/h6-7,12,14-15H,8-9H2,1-5H3,(H,20,25,26)/t12-,14+,15-,17+/m1/s1. The fourth-order valence-electron chi connectivity index (χ4n) is 3.39. The smallest absolute Gasteiger partial charge is 0.330 e. The van der Waals surface area contributed by atoms with Crippen molar-refractivity contribution in [1.29, 1.82) is 0 Å². The van der Waals surface area contributed by atoms with E-state index in [1.54, 1.807) is 0 Å². The summed E-state index contributed by atoms with van der Waals surface area (Å²) in [5, 5.41) is 3.63. The zero-order chi connectivity index (χ0) is 23.4. The van der Waals surface area contributed by atoms with Gasteiger partial charge in [-0.15, -0.1) is 0 Å². The summed E-state index contributed by atoms with van der Waals surface area (Å²) >= 11 is 0. The number of carbonyl (C=O) groups is 2. The van der Waals surface area contributed by atoms with E-state index in [0.29, 0.717) is 0 Å². The van der Waals surface area contributed by atoms with Gasteiger partial charge in [-0.3, -0.25) is 23.9 Å². The number of aromatic nitrogens is 2. The number of azide groups is 1. The van der Waals surface area contributed by atoms with Crippen LogP contribution in [0.5, 0.6) is 0 Å². The van der Waals surface area contributed by atoms with E-state index >= 15 is 0 Å². The fraction of sp³-hybridized carbons (Fsp3) is 0.647. The van der Waals surface area contributed by atoms with Gasteiger partial charge < -0.3 is 18.6 Å². The molecule has 1 N–H and O–H groups in total. The predicted octanol–water partition coefficient (Wildman–Crippen LogP) is 0.829. The lowest BCUT2D eigenvalue weighted by Gasteiger charge is -2.41. The second-order valence-electron chi connectivity index (χ2n) is 7.92. The predicted molar refractivity (Wildman–Crippen MR) is 109 cm³/mol. The highest BCUT2D eigenvalue weighted by atomic mass is 28.4. The van der Waals surface area contributed by atoms with Gasteiger partial charge in [-0.05, 0) is 25.2 Å². The molecule has 1 aliphatic heterocycles. The number of aromatic amines is 1. The Morgan fingerprint density at radius 1 is 1.32 bits per heavy atom. The van der Waals surface area contributed by atoms with Gasteiger partial charge in [0.2, 0.25) is 0 Å². The molecule has 170 valence electrons. The Balaban J connectivity index is 2.70. The van der Waals surface area contributed by atoms with Gasteiger partial charge in [0.05, 0.1) is 6.54 Å². The van der Waals surface area contributed by atoms with E-state index in [-0.39, 0.29) is 13.2 Å². The summed E-state index contributed by atoms with van der Waals surface area (Å²) in [4.78, 5) is 52.2. The number of hydrogen-bond donors (Lipinski definition) is 1. The Bertz CT molecular complexity index is 995. The molecule has 4 atom stereocenters. The highest BCUT2D eigenvalue weighted by Crippen LogP contribution is 2.43. The maximum absolute atomic E-state index is 12.4. The monoisotopic (exact) mass is 455 g/mol. The second kappa shape index (κ2) is 9.47. The van der Waals surface area contributed by atoms with Gasteiger partial charge in [-0.2, -0.15) is 0 Å². The molecule has 1 aromatic heterocycles. The lowest BCUT2D eigenvalue weighted by Crippen LogP contribution is -2.59. The summed E-state index contributed by atoms with van der Waals surface area (Å²) in [6.45, 7) is 7.31. The van der Waals surface area contributed by atoms with Crippen LogP contribution in [0.4, 0.5) is 0 Å². The molecule has 0 unspecified atom stereocenters. The zero-order valence-electron chi connectivity index (χ0n) is 17.9. The SMILES string of the molecule is CC(=O)OC[C@H]1O[C@@H](n2ccc(=O)[nH]c2=O)[C@H](OC(C)=O)[C@@]1(CN=[N+]=[N-])O[Si](C)(C)C. The summed E-state index contributed by atoms with van der Waals surface area (Å²) < 4.78 is 24.0. The quantitative estimate of drug-likeness (QED) is 0.197. The number of nitrogens with one attached hydrogen (secondary N) is 1. The number of ether oxygens (including phenoxy) is 3. The molecule has 1 fully saturated rings. The van der Waals surface area contributed by atoms with Gasteiger partial charge in [0, 0.05) is 31.0 Å². The van der Waals surface area contributed by atoms with Crippen molar-refractivity contribution in [2.24, 2.45) is 5.11 Å². The van der Waals surface area contributed by atoms with E-state index in [1.807, 2.05) is 19.6 Å². The van der Waals surface area contributed by atoms with Crippen LogP contribution in [0.2, 0.25) is 19.6 Å². The first kappa shape index (κ1) is 24.3. The van der Waals surface area contributed by atoms with Gasteiger partial charge in [0.1, 0.15) is 18.3 Å². The van der Waals surface area contributed by atoms with Crippen molar-refractivity contribution in [2.75, 3.05) is 13.2 Å². The lowest BCUT2D eigenvalue weighted by molar-refractivity contribution is -0.162. The van der Waals surface area contributed by atoms with Crippen molar-refractivity contribution in [3.8, 4) is 0 Å². The van der Waals surface area contributed by atoms with E-state index < -0.39 is 55.5 Å². The van der Waals surface area contributed by atoms with Crippen LogP contribution in [0.15, 0.2) is 27.0 Å². The van der Waals surface area contributed by atoms with Crippen LogP contribution in [0.3, 0.4) is 0 Å². The normalized spacial score (nSPS) is 25.5. The number of esters is 2. The Morgan fingerprint density at radius 2 is 2.00 bits per heavy atom. The van der Waals surface area contributed by atoms with Crippen molar-refractivity contribution >= 4 is 20.3 Å². The highest BCUT2D eigenvalue weighted by Gasteiger charge is 2.61. The minimum absolute atomic E-state index is 0.312. The maximum atomic E-state index is 12.4. The molecule has 0 aliphatic carbocycles. The Kier molecular flexibility index (Phi) is 7.44. The van der Waals surface area contributed by atoms with Crippen molar-refractivity contribution in [3.63, 3.8) is 0 Å². The number of H-pyrrole nitrogens is 1. The third-order valence-electron chi connectivity index (χ3n) is 4.32. The highest BCUT2D eigenvalue weighted by molar-refractivity contribution is 6.69.